The summed E-state index contributed by atoms with van der Waals surface area (Å²) in [5.74, 6) is -0.529. The van der Waals surface area contributed by atoms with Gasteiger partial charge in [-0.15, -0.1) is 0 Å². The molecule has 2 heterocycles. The molecule has 0 radical (unpaired) electrons. The molecule has 0 aromatic carbocycles. The molecule has 0 aromatic heterocycles. The normalized spacial score (nSPS) is 20.9. The van der Waals surface area contributed by atoms with Crippen molar-refractivity contribution < 1.29 is 27.4 Å². The van der Waals surface area contributed by atoms with Gasteiger partial charge < -0.3 is 19.1 Å². The number of ether oxygens (including phenoxy) is 3. The fraction of sp³-hybridized carbons (Fsp3) is 0.933. The molecular formula is C15H28N2O6S. The Labute approximate surface area is 144 Å². The lowest BCUT2D eigenvalue weighted by molar-refractivity contribution is -0.187. The molecule has 0 unspecified atom stereocenters. The minimum atomic E-state index is -3.32. The molecule has 1 spiro atoms. The van der Waals surface area contributed by atoms with Gasteiger partial charge >= 0.3 is 0 Å². The fourth-order valence-electron chi connectivity index (χ4n) is 3.09. The molecule has 2 saturated heterocycles. The number of sulfonamides is 1. The van der Waals surface area contributed by atoms with Crippen LogP contribution in [-0.4, -0.2) is 88.7 Å². The van der Waals surface area contributed by atoms with Crippen molar-refractivity contribution in [2.24, 2.45) is 0 Å². The molecule has 24 heavy (non-hydrogen) atoms. The average molecular weight is 364 g/mol. The van der Waals surface area contributed by atoms with Gasteiger partial charge in [-0.2, -0.15) is 0 Å². The van der Waals surface area contributed by atoms with E-state index in [1.54, 1.807) is 12.0 Å². The van der Waals surface area contributed by atoms with Crippen molar-refractivity contribution in [1.82, 2.24) is 9.21 Å². The number of carbonyl (C=O) groups is 1. The summed E-state index contributed by atoms with van der Waals surface area (Å²) in [5.41, 5.74) is 0. The lowest BCUT2D eigenvalue weighted by Gasteiger charge is -2.37. The third kappa shape index (κ3) is 5.38. The van der Waals surface area contributed by atoms with E-state index >= 15 is 0 Å². The van der Waals surface area contributed by atoms with E-state index in [1.807, 2.05) is 0 Å². The van der Waals surface area contributed by atoms with Crippen LogP contribution in [0.15, 0.2) is 0 Å². The molecule has 0 N–H and O–H groups in total. The number of carbonyl (C=O) groups excluding carboxylic acids is 1. The minimum absolute atomic E-state index is 0.0248. The van der Waals surface area contributed by atoms with E-state index in [-0.39, 0.29) is 18.9 Å². The summed E-state index contributed by atoms with van der Waals surface area (Å²) in [6.07, 6.45) is 3.31. The van der Waals surface area contributed by atoms with Gasteiger partial charge in [0, 0.05) is 59.2 Å². The molecule has 0 bridgehead atoms. The van der Waals surface area contributed by atoms with Crippen LogP contribution in [0.25, 0.3) is 0 Å². The van der Waals surface area contributed by atoms with E-state index in [0.717, 1.165) is 0 Å². The first-order chi connectivity index (χ1) is 11.4. The monoisotopic (exact) mass is 364 g/mol. The Morgan fingerprint density at radius 1 is 1.21 bits per heavy atom. The van der Waals surface area contributed by atoms with Gasteiger partial charge in [-0.25, -0.2) is 12.7 Å². The van der Waals surface area contributed by atoms with Crippen molar-refractivity contribution in [2.75, 3.05) is 59.4 Å². The van der Waals surface area contributed by atoms with Crippen molar-refractivity contribution in [3.8, 4) is 0 Å². The highest BCUT2D eigenvalue weighted by molar-refractivity contribution is 7.88. The highest BCUT2D eigenvalue weighted by Gasteiger charge is 2.40. The smallest absolute Gasteiger partial charge is 0.223 e. The molecule has 2 fully saturated rings. The SMILES string of the molecule is COCCCN(CCC(=O)N1CCC2(CC1)OCCO2)S(C)(=O)=O. The zero-order valence-corrected chi connectivity index (χ0v) is 15.3. The number of rotatable bonds is 8. The van der Waals surface area contributed by atoms with Crippen LogP contribution in [0.5, 0.6) is 0 Å². The molecule has 0 saturated carbocycles. The van der Waals surface area contributed by atoms with Crippen LogP contribution in [0.1, 0.15) is 25.7 Å². The van der Waals surface area contributed by atoms with Gasteiger partial charge in [0.1, 0.15) is 0 Å². The molecule has 1 amide bonds. The van der Waals surface area contributed by atoms with Crippen LogP contribution < -0.4 is 0 Å². The second-order valence-corrected chi connectivity index (χ2v) is 8.23. The van der Waals surface area contributed by atoms with Gasteiger partial charge in [0.25, 0.3) is 0 Å². The first-order valence-corrected chi connectivity index (χ1v) is 10.2. The zero-order chi connectivity index (χ0) is 17.6. The van der Waals surface area contributed by atoms with E-state index in [0.29, 0.717) is 58.7 Å². The molecule has 0 atom stereocenters. The van der Waals surface area contributed by atoms with E-state index in [9.17, 15) is 13.2 Å². The van der Waals surface area contributed by atoms with Crippen LogP contribution in [-0.2, 0) is 29.0 Å². The zero-order valence-electron chi connectivity index (χ0n) is 14.5. The topological polar surface area (TPSA) is 85.4 Å². The van der Waals surface area contributed by atoms with E-state index in [2.05, 4.69) is 0 Å². The molecule has 2 rings (SSSR count). The Balaban J connectivity index is 1.78. The molecule has 0 aliphatic carbocycles. The predicted molar refractivity (Wildman–Crippen MR) is 88.0 cm³/mol. The maximum atomic E-state index is 12.4. The summed E-state index contributed by atoms with van der Waals surface area (Å²) in [5, 5.41) is 0. The van der Waals surface area contributed by atoms with Gasteiger partial charge in [-0.05, 0) is 6.42 Å². The number of piperidine rings is 1. The summed E-state index contributed by atoms with van der Waals surface area (Å²) in [6, 6.07) is 0. The fourth-order valence-corrected chi connectivity index (χ4v) is 3.97. The quantitative estimate of drug-likeness (QED) is 0.566. The lowest BCUT2D eigenvalue weighted by atomic mass is 10.0. The van der Waals surface area contributed by atoms with E-state index in [1.165, 1.54) is 10.6 Å². The first kappa shape index (κ1) is 19.6. The second-order valence-electron chi connectivity index (χ2n) is 6.25. The molecule has 2 aliphatic rings. The van der Waals surface area contributed by atoms with Gasteiger partial charge in [-0.3, -0.25) is 4.79 Å². The van der Waals surface area contributed by atoms with Gasteiger partial charge in [0.05, 0.1) is 19.5 Å². The van der Waals surface area contributed by atoms with Crippen molar-refractivity contribution in [3.05, 3.63) is 0 Å². The summed E-state index contributed by atoms with van der Waals surface area (Å²) in [4.78, 5) is 14.1. The molecule has 140 valence electrons. The predicted octanol–water partition coefficient (Wildman–Crippen LogP) is 0.0401. The Bertz CT molecular complexity index is 508. The van der Waals surface area contributed by atoms with E-state index < -0.39 is 15.8 Å². The number of hydrogen-bond acceptors (Lipinski definition) is 6. The summed E-state index contributed by atoms with van der Waals surface area (Å²) < 4.78 is 41.2. The van der Waals surface area contributed by atoms with Crippen molar-refractivity contribution in [3.63, 3.8) is 0 Å². The largest absolute Gasteiger partial charge is 0.385 e. The summed E-state index contributed by atoms with van der Waals surface area (Å²) >= 11 is 0. The number of amides is 1. The number of likely N-dealkylation sites (tertiary alicyclic amines) is 1. The third-order valence-corrected chi connectivity index (χ3v) is 5.79. The standard InChI is InChI=1S/C15H28N2O6S/c1-21-11-3-7-17(24(2,19)20)8-4-14(18)16-9-5-15(6-10-16)22-12-13-23-15/h3-13H2,1-2H3. The highest BCUT2D eigenvalue weighted by Crippen LogP contribution is 2.31. The number of hydrogen-bond donors (Lipinski definition) is 0. The molecule has 2 aliphatic heterocycles. The second kappa shape index (κ2) is 8.57. The van der Waals surface area contributed by atoms with Gasteiger partial charge in [0.2, 0.25) is 15.9 Å². The van der Waals surface area contributed by atoms with Crippen molar-refractivity contribution >= 4 is 15.9 Å². The molecule has 0 aromatic rings. The summed E-state index contributed by atoms with van der Waals surface area (Å²) in [6.45, 7) is 3.45. The number of methoxy groups -OCH3 is 1. The maximum Gasteiger partial charge on any atom is 0.223 e. The van der Waals surface area contributed by atoms with Crippen molar-refractivity contribution in [1.29, 1.82) is 0 Å². The molecule has 9 heteroatoms. The number of nitrogens with zero attached hydrogens (tertiary/aromatic N) is 2. The van der Waals surface area contributed by atoms with E-state index in [4.69, 9.17) is 14.2 Å². The maximum absolute atomic E-state index is 12.4. The lowest BCUT2D eigenvalue weighted by Crippen LogP contribution is -2.48. The Morgan fingerprint density at radius 2 is 1.83 bits per heavy atom. The Morgan fingerprint density at radius 3 is 2.38 bits per heavy atom. The van der Waals surface area contributed by atoms with Crippen LogP contribution >= 0.6 is 0 Å². The molecular weight excluding hydrogens is 336 g/mol. The minimum Gasteiger partial charge on any atom is -0.385 e. The van der Waals surface area contributed by atoms with Gasteiger partial charge in [0.15, 0.2) is 5.79 Å². The summed E-state index contributed by atoms with van der Waals surface area (Å²) in [7, 11) is -1.74. The third-order valence-electron chi connectivity index (χ3n) is 4.49. The Kier molecular flexibility index (Phi) is 6.99. The van der Waals surface area contributed by atoms with Crippen LogP contribution in [0, 0.1) is 0 Å². The van der Waals surface area contributed by atoms with Crippen LogP contribution in [0.3, 0.4) is 0 Å². The molecule has 8 nitrogen and oxygen atoms in total. The highest BCUT2D eigenvalue weighted by atomic mass is 32.2. The van der Waals surface area contributed by atoms with Crippen molar-refractivity contribution in [2.45, 2.75) is 31.5 Å². The van der Waals surface area contributed by atoms with Gasteiger partial charge in [-0.1, -0.05) is 0 Å². The average Bonchev–Trinajstić information content (AvgIpc) is 2.98. The van der Waals surface area contributed by atoms with Crippen LogP contribution in [0.4, 0.5) is 0 Å². The first-order valence-electron chi connectivity index (χ1n) is 8.36. The van der Waals surface area contributed by atoms with Crippen LogP contribution in [0.2, 0.25) is 0 Å². The Hall–Kier alpha value is -0.740.